The van der Waals surface area contributed by atoms with E-state index < -0.39 is 8.07 Å². The molecule has 1 heterocycles. The van der Waals surface area contributed by atoms with Crippen LogP contribution in [-0.2, 0) is 12.6 Å². The minimum atomic E-state index is -1.47. The van der Waals surface area contributed by atoms with Crippen LogP contribution in [0.5, 0.6) is 5.75 Å². The van der Waals surface area contributed by atoms with Gasteiger partial charge in [-0.2, -0.15) is 0 Å². The fourth-order valence-corrected chi connectivity index (χ4v) is 5.09. The van der Waals surface area contributed by atoms with Crippen LogP contribution in [0.4, 0.5) is 5.69 Å². The molecule has 0 bridgehead atoms. The zero-order valence-electron chi connectivity index (χ0n) is 16.7. The van der Waals surface area contributed by atoms with Gasteiger partial charge in [0.2, 0.25) is 0 Å². The second-order valence-electron chi connectivity index (χ2n) is 8.87. The lowest BCUT2D eigenvalue weighted by Gasteiger charge is -2.37. The van der Waals surface area contributed by atoms with Crippen LogP contribution in [-0.4, -0.2) is 21.1 Å². The first kappa shape index (κ1) is 18.7. The number of fused-ring (bicyclic) bond motifs is 1. The van der Waals surface area contributed by atoms with Crippen molar-refractivity contribution in [1.29, 1.82) is 0 Å². The van der Waals surface area contributed by atoms with Crippen LogP contribution in [0.3, 0.4) is 0 Å². The average Bonchev–Trinajstić information content (AvgIpc) is 2.90. The van der Waals surface area contributed by atoms with Gasteiger partial charge in [-0.05, 0) is 40.4 Å². The van der Waals surface area contributed by atoms with E-state index in [9.17, 15) is 4.79 Å². The quantitative estimate of drug-likeness (QED) is 0.673. The number of nitrogens with zero attached hydrogens (tertiary/aromatic N) is 1. The van der Waals surface area contributed by atoms with Gasteiger partial charge in [-0.15, -0.1) is 0 Å². The number of methoxy groups -OCH3 is 1. The first-order valence-corrected chi connectivity index (χ1v) is 12.4. The van der Waals surface area contributed by atoms with Crippen LogP contribution in [0.1, 0.15) is 42.3 Å². The molecule has 3 nitrogen and oxygen atoms in total. The molecule has 0 atom stereocenters. The zero-order chi connectivity index (χ0) is 19.1. The van der Waals surface area contributed by atoms with Gasteiger partial charge in [0.1, 0.15) is 5.75 Å². The van der Waals surface area contributed by atoms with Crippen molar-refractivity contribution in [3.8, 4) is 5.75 Å². The van der Waals surface area contributed by atoms with Gasteiger partial charge in [0.15, 0.2) is 0 Å². The van der Waals surface area contributed by atoms with Gasteiger partial charge < -0.3 is 9.64 Å². The topological polar surface area (TPSA) is 29.5 Å². The fourth-order valence-electron chi connectivity index (χ4n) is 3.34. The number of carbonyl (C=O) groups excluding carboxylic acids is 1. The molecule has 26 heavy (non-hydrogen) atoms. The SMILES string of the molecule is COc1cc(C[Si](C)(C)C(C)(C)C)cc2c1C(=O)N(c1ccccc1)C2. The summed E-state index contributed by atoms with van der Waals surface area (Å²) in [5.41, 5.74) is 4.01. The number of amides is 1. The Morgan fingerprint density at radius 1 is 1.12 bits per heavy atom. The molecular weight excluding hydrogens is 338 g/mol. The van der Waals surface area contributed by atoms with Crippen LogP contribution in [0.2, 0.25) is 18.1 Å². The molecule has 4 heteroatoms. The summed E-state index contributed by atoms with van der Waals surface area (Å²) in [6.45, 7) is 12.5. The summed E-state index contributed by atoms with van der Waals surface area (Å²) >= 11 is 0. The highest BCUT2D eigenvalue weighted by molar-refractivity contribution is 6.79. The minimum absolute atomic E-state index is 0.0296. The average molecular weight is 368 g/mol. The summed E-state index contributed by atoms with van der Waals surface area (Å²) in [6.07, 6.45) is 0. The molecule has 1 amide bonds. The van der Waals surface area contributed by atoms with Crippen molar-refractivity contribution < 1.29 is 9.53 Å². The number of ether oxygens (including phenoxy) is 1. The number of benzene rings is 2. The van der Waals surface area contributed by atoms with Crippen LogP contribution >= 0.6 is 0 Å². The number of hydrogen-bond donors (Lipinski definition) is 0. The molecule has 2 aromatic rings. The van der Waals surface area contributed by atoms with E-state index in [4.69, 9.17) is 4.74 Å². The van der Waals surface area contributed by atoms with Crippen LogP contribution < -0.4 is 9.64 Å². The largest absolute Gasteiger partial charge is 0.496 e. The first-order valence-electron chi connectivity index (χ1n) is 9.21. The van der Waals surface area contributed by atoms with Gasteiger partial charge in [0, 0.05) is 5.69 Å². The molecule has 0 spiro atoms. The summed E-state index contributed by atoms with van der Waals surface area (Å²) in [7, 11) is 0.191. The van der Waals surface area contributed by atoms with Gasteiger partial charge in [-0.25, -0.2) is 0 Å². The third kappa shape index (κ3) is 3.30. The van der Waals surface area contributed by atoms with Crippen LogP contribution in [0, 0.1) is 0 Å². The van der Waals surface area contributed by atoms with Crippen molar-refractivity contribution in [3.05, 3.63) is 59.2 Å². The molecular formula is C22H29NO2Si. The molecule has 0 saturated carbocycles. The maximum Gasteiger partial charge on any atom is 0.262 e. The van der Waals surface area contributed by atoms with Crippen LogP contribution in [0.25, 0.3) is 0 Å². The first-order chi connectivity index (χ1) is 12.1. The zero-order valence-corrected chi connectivity index (χ0v) is 17.7. The molecule has 138 valence electrons. The second-order valence-corrected chi connectivity index (χ2v) is 14.5. The molecule has 0 N–H and O–H groups in total. The fraction of sp³-hybridized carbons (Fsp3) is 0.409. The van der Waals surface area contributed by atoms with Crippen molar-refractivity contribution in [2.45, 2.75) is 51.5 Å². The summed E-state index contributed by atoms with van der Waals surface area (Å²) < 4.78 is 5.62. The lowest BCUT2D eigenvalue weighted by Crippen LogP contribution is -2.39. The molecule has 0 unspecified atom stereocenters. The third-order valence-electron chi connectivity index (χ3n) is 6.00. The van der Waals surface area contributed by atoms with E-state index in [2.05, 4.69) is 46.0 Å². The smallest absolute Gasteiger partial charge is 0.262 e. The minimum Gasteiger partial charge on any atom is -0.496 e. The Hall–Kier alpha value is -2.07. The highest BCUT2D eigenvalue weighted by Gasteiger charge is 2.37. The summed E-state index contributed by atoms with van der Waals surface area (Å²) in [5.74, 6) is 0.738. The molecule has 0 aliphatic carbocycles. The van der Waals surface area contributed by atoms with Gasteiger partial charge in [0.05, 0.1) is 27.3 Å². The number of anilines is 1. The van der Waals surface area contributed by atoms with E-state index in [1.165, 1.54) is 5.56 Å². The molecule has 1 aliphatic heterocycles. The van der Waals surface area contributed by atoms with Gasteiger partial charge in [-0.3, -0.25) is 4.79 Å². The highest BCUT2D eigenvalue weighted by atomic mass is 28.3. The van der Waals surface area contributed by atoms with E-state index >= 15 is 0 Å². The second kappa shape index (κ2) is 6.58. The Bertz CT molecular complexity index is 822. The van der Waals surface area contributed by atoms with E-state index in [0.29, 0.717) is 17.3 Å². The van der Waals surface area contributed by atoms with Crippen molar-refractivity contribution in [1.82, 2.24) is 0 Å². The number of carbonyl (C=O) groups is 1. The Morgan fingerprint density at radius 2 is 1.77 bits per heavy atom. The Labute approximate surface area is 158 Å². The molecule has 0 aromatic heterocycles. The normalized spacial score (nSPS) is 14.5. The number of para-hydroxylation sites is 1. The predicted octanol–water partition coefficient (Wildman–Crippen LogP) is 5.45. The summed E-state index contributed by atoms with van der Waals surface area (Å²) in [6, 6.07) is 15.2. The van der Waals surface area contributed by atoms with E-state index in [1.54, 1.807) is 7.11 Å². The molecule has 0 radical (unpaired) electrons. The molecule has 0 fully saturated rings. The molecule has 3 rings (SSSR count). The van der Waals surface area contributed by atoms with Crippen molar-refractivity contribution in [2.75, 3.05) is 12.0 Å². The predicted molar refractivity (Wildman–Crippen MR) is 111 cm³/mol. The van der Waals surface area contributed by atoms with Crippen molar-refractivity contribution in [2.24, 2.45) is 0 Å². The monoisotopic (exact) mass is 367 g/mol. The maximum atomic E-state index is 13.0. The van der Waals surface area contributed by atoms with E-state index in [-0.39, 0.29) is 5.91 Å². The lowest BCUT2D eigenvalue weighted by molar-refractivity contribution is 0.0994. The number of hydrogen-bond acceptors (Lipinski definition) is 2. The lowest BCUT2D eigenvalue weighted by atomic mass is 10.1. The Balaban J connectivity index is 1.98. The van der Waals surface area contributed by atoms with Gasteiger partial charge in [-0.1, -0.05) is 58.1 Å². The van der Waals surface area contributed by atoms with E-state index in [0.717, 1.165) is 22.9 Å². The summed E-state index contributed by atoms with van der Waals surface area (Å²) in [5, 5.41) is 0.325. The third-order valence-corrected chi connectivity index (χ3v) is 11.3. The number of rotatable bonds is 4. The summed E-state index contributed by atoms with van der Waals surface area (Å²) in [4.78, 5) is 14.8. The standard InChI is InChI=1S/C22H29NO2Si/c1-22(2,3)26(5,6)15-16-12-17-14-23(18-10-8-7-9-11-18)21(24)20(17)19(13-16)25-4/h7-13H,14-15H2,1-6H3. The van der Waals surface area contributed by atoms with Crippen molar-refractivity contribution in [3.63, 3.8) is 0 Å². The Morgan fingerprint density at radius 3 is 2.35 bits per heavy atom. The molecule has 0 saturated heterocycles. The van der Waals surface area contributed by atoms with Gasteiger partial charge >= 0.3 is 0 Å². The molecule has 2 aromatic carbocycles. The Kier molecular flexibility index (Phi) is 4.74. The molecule has 1 aliphatic rings. The van der Waals surface area contributed by atoms with Crippen LogP contribution in [0.15, 0.2) is 42.5 Å². The van der Waals surface area contributed by atoms with E-state index in [1.807, 2.05) is 35.2 Å². The maximum absolute atomic E-state index is 13.0. The van der Waals surface area contributed by atoms with Gasteiger partial charge in [0.25, 0.3) is 5.91 Å². The highest BCUT2D eigenvalue weighted by Crippen LogP contribution is 2.40. The van der Waals surface area contributed by atoms with Crippen molar-refractivity contribution >= 4 is 19.7 Å².